The lowest BCUT2D eigenvalue weighted by Crippen LogP contribution is -2.11. The Morgan fingerprint density at radius 1 is 1.45 bits per heavy atom. The molecule has 8 nitrogen and oxygen atoms in total. The molecular formula is C10H9ClN4O4S. The van der Waals surface area contributed by atoms with Gasteiger partial charge in [0.15, 0.2) is 0 Å². The van der Waals surface area contributed by atoms with Crippen molar-refractivity contribution in [3.63, 3.8) is 0 Å². The first-order chi connectivity index (χ1) is 9.27. The highest BCUT2D eigenvalue weighted by Gasteiger charge is 2.16. The van der Waals surface area contributed by atoms with Crippen molar-refractivity contribution < 1.29 is 13.3 Å². The number of halogens is 1. The first-order valence-electron chi connectivity index (χ1n) is 5.25. The van der Waals surface area contributed by atoms with Gasteiger partial charge in [-0.1, -0.05) is 11.6 Å². The maximum atomic E-state index is 11.1. The van der Waals surface area contributed by atoms with Gasteiger partial charge in [-0.25, -0.2) is 13.6 Å². The van der Waals surface area contributed by atoms with Gasteiger partial charge in [-0.2, -0.15) is 5.10 Å². The number of aromatic nitrogens is 2. The second-order valence-corrected chi connectivity index (χ2v) is 5.95. The molecule has 0 fully saturated rings. The van der Waals surface area contributed by atoms with Crippen LogP contribution in [0.5, 0.6) is 0 Å². The van der Waals surface area contributed by atoms with Gasteiger partial charge in [-0.15, -0.1) is 0 Å². The molecule has 10 heteroatoms. The van der Waals surface area contributed by atoms with Gasteiger partial charge in [0, 0.05) is 17.3 Å². The number of primary sulfonamides is 1. The number of nitro groups is 1. The van der Waals surface area contributed by atoms with Crippen molar-refractivity contribution in [3.8, 4) is 0 Å². The minimum Gasteiger partial charge on any atom is -0.267 e. The predicted octanol–water partition coefficient (Wildman–Crippen LogP) is 1.14. The van der Waals surface area contributed by atoms with Crippen LogP contribution in [0, 0.1) is 10.1 Å². The third kappa shape index (κ3) is 3.13. The van der Waals surface area contributed by atoms with E-state index < -0.39 is 14.9 Å². The first kappa shape index (κ1) is 14.4. The van der Waals surface area contributed by atoms with E-state index in [0.717, 1.165) is 6.20 Å². The molecule has 0 atom stereocenters. The number of hydrogen-bond donors (Lipinski definition) is 1. The lowest BCUT2D eigenvalue weighted by atomic mass is 10.2. The lowest BCUT2D eigenvalue weighted by Gasteiger charge is -2.03. The zero-order chi connectivity index (χ0) is 14.9. The zero-order valence-corrected chi connectivity index (χ0v) is 11.5. The SMILES string of the molecule is NS(=O)(=O)c1cnn(Cc2ccc(Cl)cc2[N+](=O)[O-])c1. The summed E-state index contributed by atoms with van der Waals surface area (Å²) in [4.78, 5) is 10.2. The molecule has 106 valence electrons. The second kappa shape index (κ2) is 5.19. The van der Waals surface area contributed by atoms with Crippen molar-refractivity contribution in [1.29, 1.82) is 0 Å². The molecule has 20 heavy (non-hydrogen) atoms. The predicted molar refractivity (Wildman–Crippen MR) is 70.8 cm³/mol. The average Bonchev–Trinajstić information content (AvgIpc) is 2.79. The van der Waals surface area contributed by atoms with Gasteiger partial charge in [-0.05, 0) is 12.1 Å². The fraction of sp³-hybridized carbons (Fsp3) is 0.100. The van der Waals surface area contributed by atoms with E-state index in [1.807, 2.05) is 0 Å². The highest BCUT2D eigenvalue weighted by Crippen LogP contribution is 2.24. The van der Waals surface area contributed by atoms with Crippen molar-refractivity contribution in [1.82, 2.24) is 9.78 Å². The van der Waals surface area contributed by atoms with E-state index in [1.165, 1.54) is 29.1 Å². The monoisotopic (exact) mass is 316 g/mol. The highest BCUT2D eigenvalue weighted by molar-refractivity contribution is 7.89. The summed E-state index contributed by atoms with van der Waals surface area (Å²) in [5, 5.41) is 19.9. The summed E-state index contributed by atoms with van der Waals surface area (Å²) in [6.07, 6.45) is 2.28. The fourth-order valence-electron chi connectivity index (χ4n) is 1.59. The van der Waals surface area contributed by atoms with Crippen molar-refractivity contribution in [2.75, 3.05) is 0 Å². The molecule has 0 radical (unpaired) electrons. The number of sulfonamides is 1. The average molecular weight is 317 g/mol. The van der Waals surface area contributed by atoms with E-state index in [0.29, 0.717) is 5.56 Å². The van der Waals surface area contributed by atoms with E-state index in [-0.39, 0.29) is 22.2 Å². The smallest absolute Gasteiger partial charge is 0.267 e. The van der Waals surface area contributed by atoms with Crippen LogP contribution in [0.3, 0.4) is 0 Å². The second-order valence-electron chi connectivity index (χ2n) is 3.95. The molecule has 2 N–H and O–H groups in total. The summed E-state index contributed by atoms with van der Waals surface area (Å²) in [6.45, 7) is 0.0308. The van der Waals surface area contributed by atoms with Gasteiger partial charge < -0.3 is 0 Å². The van der Waals surface area contributed by atoms with Crippen LogP contribution in [-0.4, -0.2) is 23.1 Å². The maximum Gasteiger partial charge on any atom is 0.275 e. The molecule has 0 aliphatic rings. The molecule has 0 amide bonds. The molecule has 1 aromatic carbocycles. The molecule has 0 saturated carbocycles. The van der Waals surface area contributed by atoms with Crippen LogP contribution < -0.4 is 5.14 Å². The standard InChI is InChI=1S/C10H9ClN4O4S/c11-8-2-1-7(10(3-8)15(16)17)5-14-6-9(4-13-14)20(12,18)19/h1-4,6H,5H2,(H2,12,18,19). The zero-order valence-electron chi connectivity index (χ0n) is 9.93. The van der Waals surface area contributed by atoms with Crippen LogP contribution in [0.1, 0.15) is 5.56 Å². The molecule has 1 aromatic heterocycles. The van der Waals surface area contributed by atoms with Crippen LogP contribution in [0.2, 0.25) is 5.02 Å². The number of nitrogens with zero attached hydrogens (tertiary/aromatic N) is 3. The Labute approximate surface area is 119 Å². The molecule has 1 heterocycles. The van der Waals surface area contributed by atoms with E-state index in [9.17, 15) is 18.5 Å². The van der Waals surface area contributed by atoms with Gasteiger partial charge >= 0.3 is 0 Å². The van der Waals surface area contributed by atoms with E-state index in [2.05, 4.69) is 5.10 Å². The third-order valence-electron chi connectivity index (χ3n) is 2.51. The number of nitrogens with two attached hydrogens (primary N) is 1. The quantitative estimate of drug-likeness (QED) is 0.669. The van der Waals surface area contributed by atoms with Crippen LogP contribution in [-0.2, 0) is 16.6 Å². The summed E-state index contributed by atoms with van der Waals surface area (Å²) >= 11 is 5.71. The van der Waals surface area contributed by atoms with Gasteiger partial charge in [0.25, 0.3) is 5.69 Å². The van der Waals surface area contributed by atoms with Crippen LogP contribution in [0.4, 0.5) is 5.69 Å². The summed E-state index contributed by atoms with van der Waals surface area (Å²) in [5.74, 6) is 0. The first-order valence-corrected chi connectivity index (χ1v) is 7.18. The largest absolute Gasteiger partial charge is 0.275 e. The number of rotatable bonds is 4. The van der Waals surface area contributed by atoms with Crippen molar-refractivity contribution in [2.45, 2.75) is 11.4 Å². The molecule has 0 spiro atoms. The number of nitro benzene ring substituents is 1. The van der Waals surface area contributed by atoms with E-state index in [4.69, 9.17) is 16.7 Å². The highest BCUT2D eigenvalue weighted by atomic mass is 35.5. The Hall–Kier alpha value is -1.97. The minimum atomic E-state index is -3.85. The Kier molecular flexibility index (Phi) is 3.75. The van der Waals surface area contributed by atoms with Gasteiger partial charge in [0.05, 0.1) is 23.2 Å². The topological polar surface area (TPSA) is 121 Å². The van der Waals surface area contributed by atoms with Crippen molar-refractivity contribution in [2.24, 2.45) is 5.14 Å². The molecule has 0 unspecified atom stereocenters. The summed E-state index contributed by atoms with van der Waals surface area (Å²) in [7, 11) is -3.85. The molecule has 2 aromatic rings. The van der Waals surface area contributed by atoms with E-state index >= 15 is 0 Å². The fourth-order valence-corrected chi connectivity index (χ4v) is 2.22. The molecule has 0 aliphatic heterocycles. The van der Waals surface area contributed by atoms with Crippen LogP contribution in [0.25, 0.3) is 0 Å². The summed E-state index contributed by atoms with van der Waals surface area (Å²) < 4.78 is 23.5. The molecular weight excluding hydrogens is 308 g/mol. The Morgan fingerprint density at radius 3 is 2.70 bits per heavy atom. The van der Waals surface area contributed by atoms with Crippen molar-refractivity contribution >= 4 is 27.3 Å². The maximum absolute atomic E-state index is 11.1. The van der Waals surface area contributed by atoms with Crippen LogP contribution >= 0.6 is 11.6 Å². The molecule has 2 rings (SSSR count). The molecule has 0 aliphatic carbocycles. The van der Waals surface area contributed by atoms with Crippen LogP contribution in [0.15, 0.2) is 35.5 Å². The summed E-state index contributed by atoms with van der Waals surface area (Å²) in [6, 6.07) is 4.22. The van der Waals surface area contributed by atoms with E-state index in [1.54, 1.807) is 0 Å². The van der Waals surface area contributed by atoms with Crippen molar-refractivity contribution in [3.05, 3.63) is 51.3 Å². The Balaban J connectivity index is 2.35. The number of hydrogen-bond acceptors (Lipinski definition) is 5. The normalized spacial score (nSPS) is 11.5. The lowest BCUT2D eigenvalue weighted by molar-refractivity contribution is -0.385. The third-order valence-corrected chi connectivity index (χ3v) is 3.62. The Bertz CT molecular complexity index is 771. The molecule has 0 saturated heterocycles. The van der Waals surface area contributed by atoms with Gasteiger partial charge in [0.1, 0.15) is 4.90 Å². The summed E-state index contributed by atoms with van der Waals surface area (Å²) in [5.41, 5.74) is 0.189. The number of benzene rings is 1. The van der Waals surface area contributed by atoms with Gasteiger partial charge in [0.2, 0.25) is 10.0 Å². The molecule has 0 bridgehead atoms. The Morgan fingerprint density at radius 2 is 2.15 bits per heavy atom. The van der Waals surface area contributed by atoms with Gasteiger partial charge in [-0.3, -0.25) is 14.8 Å². The minimum absolute atomic E-state index is 0.0308.